The normalized spacial score (nSPS) is 16.3. The Morgan fingerprint density at radius 3 is 2.32 bits per heavy atom. The number of sulfonamides is 1. The number of rotatable bonds is 5. The van der Waals surface area contributed by atoms with Crippen LogP contribution in [0.25, 0.3) is 0 Å². The molecule has 0 spiro atoms. The fourth-order valence-electron chi connectivity index (χ4n) is 2.03. The van der Waals surface area contributed by atoms with Crippen molar-refractivity contribution in [1.29, 1.82) is 0 Å². The van der Waals surface area contributed by atoms with E-state index in [1.807, 2.05) is 0 Å². The summed E-state index contributed by atoms with van der Waals surface area (Å²) in [5.41, 5.74) is 0.768. The molecule has 104 valence electrons. The number of nitrogens with zero attached hydrogens (tertiary/aromatic N) is 1. The molecule has 1 aliphatic rings. The second-order valence-electron chi connectivity index (χ2n) is 4.86. The van der Waals surface area contributed by atoms with E-state index in [0.717, 1.165) is 19.3 Å². The second-order valence-corrected chi connectivity index (χ2v) is 6.89. The Morgan fingerprint density at radius 1 is 1.32 bits per heavy atom. The van der Waals surface area contributed by atoms with Crippen LogP contribution in [-0.4, -0.2) is 36.9 Å². The van der Waals surface area contributed by atoms with E-state index in [4.69, 9.17) is 5.11 Å². The second kappa shape index (κ2) is 5.30. The van der Waals surface area contributed by atoms with Crippen LogP contribution < -0.4 is 0 Å². The molecule has 0 unspecified atom stereocenters. The Balaban J connectivity index is 2.08. The van der Waals surface area contributed by atoms with E-state index in [9.17, 15) is 13.2 Å². The number of hydrogen-bond acceptors (Lipinski definition) is 3. The smallest absolute Gasteiger partial charge is 0.335 e. The van der Waals surface area contributed by atoms with Crippen molar-refractivity contribution < 1.29 is 18.3 Å². The third-order valence-electron chi connectivity index (χ3n) is 3.58. The highest BCUT2D eigenvalue weighted by atomic mass is 32.2. The number of hydrogen-bond donors (Lipinski definition) is 1. The van der Waals surface area contributed by atoms with E-state index in [1.165, 1.54) is 16.4 Å². The number of aromatic carboxylic acids is 1. The fraction of sp³-hybridized carbons (Fsp3) is 0.462. The van der Waals surface area contributed by atoms with Crippen LogP contribution in [-0.2, 0) is 15.8 Å². The van der Waals surface area contributed by atoms with Gasteiger partial charge in [0.05, 0.1) is 11.3 Å². The summed E-state index contributed by atoms with van der Waals surface area (Å²) in [6.07, 6.45) is 2.93. The third kappa shape index (κ3) is 3.13. The van der Waals surface area contributed by atoms with Crippen LogP contribution >= 0.6 is 0 Å². The lowest BCUT2D eigenvalue weighted by Crippen LogP contribution is -2.41. The molecule has 0 bridgehead atoms. The van der Waals surface area contributed by atoms with Gasteiger partial charge in [0.1, 0.15) is 0 Å². The molecule has 0 atom stereocenters. The van der Waals surface area contributed by atoms with Crippen LogP contribution in [0.15, 0.2) is 24.3 Å². The minimum Gasteiger partial charge on any atom is -0.478 e. The lowest BCUT2D eigenvalue weighted by atomic mass is 9.94. The summed E-state index contributed by atoms with van der Waals surface area (Å²) >= 11 is 0. The molecule has 0 amide bonds. The summed E-state index contributed by atoms with van der Waals surface area (Å²) in [7, 11) is -1.70. The number of carboxylic acid groups (broad SMARTS) is 1. The van der Waals surface area contributed by atoms with Gasteiger partial charge >= 0.3 is 5.97 Å². The maximum absolute atomic E-state index is 12.2. The molecule has 2 rings (SSSR count). The standard InChI is InChI=1S/C13H17NO4S/c1-14(12-3-2-4-12)19(17,18)9-10-5-7-11(8-6-10)13(15)16/h5-8,12H,2-4,9H2,1H3,(H,15,16). The molecule has 5 nitrogen and oxygen atoms in total. The van der Waals surface area contributed by atoms with Crippen molar-refractivity contribution in [2.45, 2.75) is 31.1 Å². The van der Waals surface area contributed by atoms with Crippen molar-refractivity contribution in [3.63, 3.8) is 0 Å². The molecule has 0 heterocycles. The minimum atomic E-state index is -3.32. The van der Waals surface area contributed by atoms with Gasteiger partial charge in [-0.1, -0.05) is 18.6 Å². The molecule has 6 heteroatoms. The molecule has 1 fully saturated rings. The van der Waals surface area contributed by atoms with Crippen LogP contribution in [0.1, 0.15) is 35.2 Å². The van der Waals surface area contributed by atoms with Crippen molar-refractivity contribution in [3.05, 3.63) is 35.4 Å². The zero-order chi connectivity index (χ0) is 14.0. The first-order valence-electron chi connectivity index (χ1n) is 6.18. The van der Waals surface area contributed by atoms with E-state index in [2.05, 4.69) is 0 Å². The van der Waals surface area contributed by atoms with Gasteiger partial charge in [-0.2, -0.15) is 0 Å². The van der Waals surface area contributed by atoms with Crippen LogP contribution in [0.4, 0.5) is 0 Å². The molecular weight excluding hydrogens is 266 g/mol. The van der Waals surface area contributed by atoms with Crippen LogP contribution in [0.5, 0.6) is 0 Å². The first-order chi connectivity index (χ1) is 8.90. The third-order valence-corrected chi connectivity index (χ3v) is 5.45. The van der Waals surface area contributed by atoms with Gasteiger partial charge < -0.3 is 5.11 Å². The van der Waals surface area contributed by atoms with Crippen LogP contribution in [0.3, 0.4) is 0 Å². The number of carbonyl (C=O) groups is 1. The van der Waals surface area contributed by atoms with Crippen LogP contribution in [0, 0.1) is 0 Å². The van der Waals surface area contributed by atoms with Gasteiger partial charge in [-0.15, -0.1) is 0 Å². The van der Waals surface area contributed by atoms with Gasteiger partial charge in [0.25, 0.3) is 0 Å². The topological polar surface area (TPSA) is 74.7 Å². The fourth-order valence-corrected chi connectivity index (χ4v) is 3.52. The Bertz CT molecular complexity index is 561. The maximum atomic E-state index is 12.2. The van der Waals surface area contributed by atoms with Gasteiger partial charge in [0, 0.05) is 13.1 Å². The van der Waals surface area contributed by atoms with E-state index in [1.54, 1.807) is 19.2 Å². The molecule has 1 aliphatic carbocycles. The number of carboxylic acids is 1. The average molecular weight is 283 g/mol. The molecule has 0 radical (unpaired) electrons. The molecule has 1 saturated carbocycles. The zero-order valence-corrected chi connectivity index (χ0v) is 11.6. The highest BCUT2D eigenvalue weighted by molar-refractivity contribution is 7.88. The van der Waals surface area contributed by atoms with Gasteiger partial charge in [0.2, 0.25) is 10.0 Å². The highest BCUT2D eigenvalue weighted by Crippen LogP contribution is 2.26. The molecular formula is C13H17NO4S. The molecule has 1 N–H and O–H groups in total. The summed E-state index contributed by atoms with van der Waals surface area (Å²) < 4.78 is 25.8. The summed E-state index contributed by atoms with van der Waals surface area (Å²) in [5.74, 6) is -1.10. The molecule has 1 aromatic carbocycles. The molecule has 0 aliphatic heterocycles. The molecule has 0 aromatic heterocycles. The van der Waals surface area contributed by atoms with Crippen molar-refractivity contribution in [3.8, 4) is 0 Å². The quantitative estimate of drug-likeness (QED) is 0.892. The van der Waals surface area contributed by atoms with Crippen molar-refractivity contribution >= 4 is 16.0 Å². The molecule has 19 heavy (non-hydrogen) atoms. The van der Waals surface area contributed by atoms with Crippen molar-refractivity contribution in [2.24, 2.45) is 0 Å². The zero-order valence-electron chi connectivity index (χ0n) is 10.7. The van der Waals surface area contributed by atoms with Gasteiger partial charge in [-0.05, 0) is 30.5 Å². The van der Waals surface area contributed by atoms with Gasteiger partial charge in [-0.3, -0.25) is 0 Å². The van der Waals surface area contributed by atoms with E-state index in [-0.39, 0.29) is 17.4 Å². The van der Waals surface area contributed by atoms with Gasteiger partial charge in [-0.25, -0.2) is 17.5 Å². The van der Waals surface area contributed by atoms with Crippen LogP contribution in [0.2, 0.25) is 0 Å². The predicted octanol–water partition coefficient (Wildman–Crippen LogP) is 1.70. The first kappa shape index (κ1) is 14.0. The van der Waals surface area contributed by atoms with Gasteiger partial charge in [0.15, 0.2) is 0 Å². The Hall–Kier alpha value is -1.40. The average Bonchev–Trinajstić information content (AvgIpc) is 2.26. The SMILES string of the molecule is CN(C1CCC1)S(=O)(=O)Cc1ccc(C(=O)O)cc1. The lowest BCUT2D eigenvalue weighted by Gasteiger charge is -2.33. The Morgan fingerprint density at radius 2 is 1.89 bits per heavy atom. The number of benzene rings is 1. The van der Waals surface area contributed by atoms with Crippen molar-refractivity contribution in [2.75, 3.05) is 7.05 Å². The Labute approximate surface area is 112 Å². The van der Waals surface area contributed by atoms with E-state index in [0.29, 0.717) is 5.56 Å². The summed E-state index contributed by atoms with van der Waals surface area (Å²) in [5, 5.41) is 8.78. The summed E-state index contributed by atoms with van der Waals surface area (Å²) in [4.78, 5) is 10.7. The van der Waals surface area contributed by atoms with Crippen molar-refractivity contribution in [1.82, 2.24) is 4.31 Å². The molecule has 0 saturated heterocycles. The largest absolute Gasteiger partial charge is 0.478 e. The van der Waals surface area contributed by atoms with E-state index < -0.39 is 16.0 Å². The Kier molecular flexibility index (Phi) is 3.91. The van der Waals surface area contributed by atoms with E-state index >= 15 is 0 Å². The summed E-state index contributed by atoms with van der Waals surface area (Å²) in [6.45, 7) is 0. The predicted molar refractivity (Wildman–Crippen MR) is 71.4 cm³/mol. The minimum absolute atomic E-state index is 0.0834. The monoisotopic (exact) mass is 283 g/mol. The first-order valence-corrected chi connectivity index (χ1v) is 7.79. The highest BCUT2D eigenvalue weighted by Gasteiger charge is 2.30. The maximum Gasteiger partial charge on any atom is 0.335 e. The molecule has 1 aromatic rings. The lowest BCUT2D eigenvalue weighted by molar-refractivity contribution is 0.0697. The summed E-state index contributed by atoms with van der Waals surface area (Å²) in [6, 6.07) is 6.08.